The van der Waals surface area contributed by atoms with Crippen molar-refractivity contribution in [1.29, 1.82) is 0 Å². The molecule has 0 aromatic heterocycles. The van der Waals surface area contributed by atoms with Crippen LogP contribution in [0.15, 0.2) is 97.1 Å². The number of carbonyl (C=O) groups is 9. The number of hydrogen-bond acceptors (Lipinski definition) is 17. The van der Waals surface area contributed by atoms with E-state index in [1.807, 2.05) is 13.8 Å². The summed E-state index contributed by atoms with van der Waals surface area (Å²) in [5.74, 6) is -8.90. The number of halogens is 1. The van der Waals surface area contributed by atoms with Gasteiger partial charge < -0.3 is 70.2 Å². The van der Waals surface area contributed by atoms with Crippen molar-refractivity contribution in [3.63, 3.8) is 0 Å². The van der Waals surface area contributed by atoms with Gasteiger partial charge in [-0.1, -0.05) is 108 Å². The van der Waals surface area contributed by atoms with Gasteiger partial charge >= 0.3 is 0 Å². The normalized spacial score (nSPS) is 21.1. The molecular weight excluding hydrogens is 1140 g/mol. The minimum atomic E-state index is -1.75. The van der Waals surface area contributed by atoms with Crippen LogP contribution in [0.3, 0.4) is 0 Å². The van der Waals surface area contributed by atoms with E-state index in [1.54, 1.807) is 60.7 Å². The fourth-order valence-electron chi connectivity index (χ4n) is 8.97. The molecule has 1 saturated heterocycles. The summed E-state index contributed by atoms with van der Waals surface area (Å²) >= 11 is 6.09. The highest BCUT2D eigenvalue weighted by Gasteiger charge is 2.37. The Labute approximate surface area is 501 Å². The van der Waals surface area contributed by atoms with E-state index in [2.05, 4.69) is 31.9 Å². The molecule has 10 atom stereocenters. The summed E-state index contributed by atoms with van der Waals surface area (Å²) in [6.07, 6.45) is -1.78. The topological polar surface area (TPSA) is 391 Å². The molecule has 0 bridgehead atoms. The average molecular weight is 1220 g/mol. The minimum absolute atomic E-state index is 0.0340. The number of benzene rings is 4. The number of primary amides is 1. The first-order valence-corrected chi connectivity index (χ1v) is 30.5. The number of amides is 7. The molecular formula is C59H77ClN10O12S2. The Bertz CT molecular complexity index is 2890. The third-order valence-electron chi connectivity index (χ3n) is 14.1. The molecule has 1 aliphatic rings. The smallest absolute Gasteiger partial charge is 0.245 e. The number of nitrogens with two attached hydrogens (primary N) is 4. The number of hydrogen-bond donors (Lipinski definition) is 13. The third kappa shape index (κ3) is 21.8. The van der Waals surface area contributed by atoms with Gasteiger partial charge in [0.2, 0.25) is 41.4 Å². The summed E-state index contributed by atoms with van der Waals surface area (Å²) in [6.45, 7) is 5.12. The lowest BCUT2D eigenvalue weighted by atomic mass is 9.90. The summed E-state index contributed by atoms with van der Waals surface area (Å²) in [4.78, 5) is 127. The van der Waals surface area contributed by atoms with Gasteiger partial charge in [-0.05, 0) is 116 Å². The van der Waals surface area contributed by atoms with E-state index >= 15 is 0 Å². The molecule has 17 N–H and O–H groups in total. The number of nitrogens with one attached hydrogen (secondary N) is 6. The second kappa shape index (κ2) is 33.4. The molecule has 0 radical (unpaired) electrons. The average Bonchev–Trinajstić information content (AvgIpc) is 3.48. The summed E-state index contributed by atoms with van der Waals surface area (Å²) in [6, 6.07) is 14.4. The van der Waals surface area contributed by atoms with Crippen molar-refractivity contribution < 1.29 is 58.5 Å². The number of rotatable bonds is 22. The molecule has 84 heavy (non-hydrogen) atoms. The van der Waals surface area contributed by atoms with E-state index in [1.165, 1.54) is 43.3 Å². The fourth-order valence-corrected chi connectivity index (χ4v) is 11.5. The molecule has 1 aliphatic heterocycles. The Morgan fingerprint density at radius 2 is 1.20 bits per heavy atom. The quantitative estimate of drug-likeness (QED) is 0.0390. The van der Waals surface area contributed by atoms with Crippen LogP contribution in [0.2, 0.25) is 5.02 Å². The summed E-state index contributed by atoms with van der Waals surface area (Å²) < 4.78 is 0. The number of aliphatic hydroxyl groups excluding tert-OH is 1. The molecule has 5 rings (SSSR count). The molecule has 4 aromatic rings. The lowest BCUT2D eigenvalue weighted by Crippen LogP contribution is -2.62. The molecule has 0 saturated carbocycles. The van der Waals surface area contributed by atoms with Crippen LogP contribution >= 0.6 is 33.2 Å². The predicted octanol–water partition coefficient (Wildman–Crippen LogP) is 1.32. The van der Waals surface area contributed by atoms with E-state index in [0.717, 1.165) is 21.6 Å². The van der Waals surface area contributed by atoms with Crippen molar-refractivity contribution in [3.8, 4) is 11.5 Å². The van der Waals surface area contributed by atoms with Crippen molar-refractivity contribution in [2.75, 3.05) is 18.1 Å². The van der Waals surface area contributed by atoms with Gasteiger partial charge in [0.15, 0.2) is 11.6 Å². The molecule has 0 unspecified atom stereocenters. The fraction of sp³-hybridized carbons (Fsp3) is 0.441. The second-order valence-corrected chi connectivity index (χ2v) is 24.3. The van der Waals surface area contributed by atoms with Crippen molar-refractivity contribution in [3.05, 3.63) is 130 Å². The zero-order chi connectivity index (χ0) is 61.6. The first-order valence-electron chi connectivity index (χ1n) is 27.6. The highest BCUT2D eigenvalue weighted by molar-refractivity contribution is 8.76. The first kappa shape index (κ1) is 67.7. The Hall–Kier alpha value is -7.06. The molecule has 0 spiro atoms. The number of aliphatic hydroxyl groups is 1. The van der Waals surface area contributed by atoms with Crippen LogP contribution in [-0.4, -0.2) is 141 Å². The van der Waals surface area contributed by atoms with E-state index in [9.17, 15) is 58.5 Å². The highest BCUT2D eigenvalue weighted by Crippen LogP contribution is 2.26. The standard InChI is InChI=1S/C59H77ClN10O12S2/c1-32(2)51(63)50(75)28-38-9-7-36(8-10-38)27-46-57(80)65-44(6-4-5-23-61)56(79)70-52(33(3)71)59(82)69-48(58(81)66-45(53(64)76)26-37-15-21-42(73)22-16-37)31-84-83-30-47(68-55(78)43(62)25-35-11-17-40(60)18-12-35)49(74)29-39(54(77)67-46)24-34-13-19-41(72)20-14-34/h7-22,32-33,39,43-48,51-52,71-73H,4-6,23-31,61-63H2,1-3H3,(H2,64,76)(H,65,80)(H,66,81)(H,67,77)(H,68,78)(H,69,82)(H,70,79)/t33-,39-,43+,44+,45-,46-,47-,48+,51+,52+/m1/s1. The van der Waals surface area contributed by atoms with Crippen molar-refractivity contribution in [1.82, 2.24) is 31.9 Å². The zero-order valence-electron chi connectivity index (χ0n) is 47.1. The van der Waals surface area contributed by atoms with Gasteiger partial charge in [-0.3, -0.25) is 43.2 Å². The van der Waals surface area contributed by atoms with Crippen molar-refractivity contribution in [2.24, 2.45) is 34.8 Å². The van der Waals surface area contributed by atoms with Gasteiger partial charge in [0.25, 0.3) is 0 Å². The van der Waals surface area contributed by atoms with Crippen LogP contribution in [0.5, 0.6) is 11.5 Å². The van der Waals surface area contributed by atoms with Crippen LogP contribution in [0.25, 0.3) is 0 Å². The monoisotopic (exact) mass is 1220 g/mol. The lowest BCUT2D eigenvalue weighted by Gasteiger charge is -2.29. The Morgan fingerprint density at radius 3 is 1.80 bits per heavy atom. The van der Waals surface area contributed by atoms with Gasteiger partial charge in [0.1, 0.15) is 41.7 Å². The molecule has 1 heterocycles. The number of Topliss-reactive ketones (excluding diaryl/α,β-unsaturated/α-hetero) is 2. The molecule has 1 fully saturated rings. The molecule has 25 heteroatoms. The Balaban J connectivity index is 1.58. The number of unbranched alkanes of at least 4 members (excludes halogenated alkanes) is 1. The van der Waals surface area contributed by atoms with Crippen molar-refractivity contribution >= 4 is 86.1 Å². The second-order valence-electron chi connectivity index (χ2n) is 21.3. The van der Waals surface area contributed by atoms with Gasteiger partial charge in [0, 0.05) is 48.1 Å². The van der Waals surface area contributed by atoms with Crippen LogP contribution in [-0.2, 0) is 75.3 Å². The summed E-state index contributed by atoms with van der Waals surface area (Å²) in [5, 5.41) is 47.5. The Morgan fingerprint density at radius 1 is 0.667 bits per heavy atom. The molecule has 454 valence electrons. The number of aromatic hydroxyl groups is 2. The maximum absolute atomic E-state index is 14.9. The van der Waals surface area contributed by atoms with E-state index in [0.29, 0.717) is 45.7 Å². The van der Waals surface area contributed by atoms with E-state index < -0.39 is 114 Å². The third-order valence-corrected chi connectivity index (χ3v) is 16.8. The Kier molecular flexibility index (Phi) is 27.0. The van der Waals surface area contributed by atoms with Gasteiger partial charge in [-0.15, -0.1) is 0 Å². The highest BCUT2D eigenvalue weighted by atomic mass is 35.5. The molecule has 0 aliphatic carbocycles. The van der Waals surface area contributed by atoms with Crippen LogP contribution in [0, 0.1) is 11.8 Å². The zero-order valence-corrected chi connectivity index (χ0v) is 49.5. The van der Waals surface area contributed by atoms with E-state index in [4.69, 9.17) is 34.5 Å². The minimum Gasteiger partial charge on any atom is -0.508 e. The molecule has 22 nitrogen and oxygen atoms in total. The largest absolute Gasteiger partial charge is 0.508 e. The molecule has 7 amide bonds. The van der Waals surface area contributed by atoms with Gasteiger partial charge in [-0.25, -0.2) is 0 Å². The first-order chi connectivity index (χ1) is 39.9. The van der Waals surface area contributed by atoms with Crippen molar-refractivity contribution in [2.45, 2.75) is 133 Å². The number of phenolic OH excluding ortho intramolecular Hbond substituents is 2. The maximum Gasteiger partial charge on any atom is 0.245 e. The lowest BCUT2D eigenvalue weighted by molar-refractivity contribution is -0.137. The SMILES string of the molecule is CC(C)[C@H](N)C(=O)Cc1ccc(C[C@H]2NC(=O)[C@H](Cc3ccc(O)cc3)CC(=O)[C@H](NC(=O)[C@@H](N)Cc3ccc(Cl)cc3)CSSC[C@@H](C(=O)N[C@H](Cc3ccc(O)cc3)C(N)=O)NC(=O)[C@H]([C@@H](C)O)NC(=O)[C@H](CCCCN)NC2=O)cc1. The molecule has 4 aromatic carbocycles. The number of carbonyl (C=O) groups excluding carboxylic acids is 9. The van der Waals surface area contributed by atoms with Crippen LogP contribution < -0.4 is 54.8 Å². The van der Waals surface area contributed by atoms with E-state index in [-0.39, 0.29) is 79.8 Å². The van der Waals surface area contributed by atoms with Gasteiger partial charge in [-0.2, -0.15) is 0 Å². The predicted molar refractivity (Wildman–Crippen MR) is 322 cm³/mol. The van der Waals surface area contributed by atoms with Crippen LogP contribution in [0.4, 0.5) is 0 Å². The summed E-state index contributed by atoms with van der Waals surface area (Å²) in [5.41, 5.74) is 27.0. The maximum atomic E-state index is 14.9. The van der Waals surface area contributed by atoms with Gasteiger partial charge in [0.05, 0.1) is 24.2 Å². The number of phenols is 2. The summed E-state index contributed by atoms with van der Waals surface area (Å²) in [7, 11) is 1.98. The number of ketones is 2. The van der Waals surface area contributed by atoms with Crippen LogP contribution in [0.1, 0.15) is 74.3 Å².